The molecule has 2 heterocycles. The number of aliphatic imine (C=N–C) groups is 1. The van der Waals surface area contributed by atoms with E-state index in [4.69, 9.17) is 32.4 Å². The van der Waals surface area contributed by atoms with Crippen LogP contribution in [0.25, 0.3) is 11.1 Å². The average Bonchev–Trinajstić information content (AvgIpc) is 3.10. The maximum atomic E-state index is 12.8. The number of nitrogens with zero attached hydrogens (tertiary/aromatic N) is 2. The first-order valence-corrected chi connectivity index (χ1v) is 9.20. The second kappa shape index (κ2) is 5.87. The maximum Gasteiger partial charge on any atom is 0.416 e. The summed E-state index contributed by atoms with van der Waals surface area (Å²) in [5.74, 6) is 0.602. The van der Waals surface area contributed by atoms with Gasteiger partial charge in [0, 0.05) is 10.6 Å². The molecule has 4 nitrogen and oxygen atoms in total. The molecule has 28 heavy (non-hydrogen) atoms. The number of halogens is 5. The molecule has 9 heteroatoms. The third-order valence-corrected chi connectivity index (χ3v) is 5.41. The van der Waals surface area contributed by atoms with E-state index in [0.29, 0.717) is 32.6 Å². The SMILES string of the molecule is FC(F)(F)c1ccc(C2=NC3(CC3)C(c3nc4cc(Cl)cc(Cl)c4o3)O2)cc1. The molecule has 1 unspecified atom stereocenters. The van der Waals surface area contributed by atoms with Crippen LogP contribution in [0.15, 0.2) is 45.8 Å². The molecule has 0 N–H and O–H groups in total. The van der Waals surface area contributed by atoms with Crippen molar-refractivity contribution in [3.8, 4) is 0 Å². The Morgan fingerprint density at radius 2 is 1.79 bits per heavy atom. The van der Waals surface area contributed by atoms with Crippen LogP contribution in [-0.2, 0) is 10.9 Å². The lowest BCUT2D eigenvalue weighted by molar-refractivity contribution is -0.137. The fourth-order valence-corrected chi connectivity index (χ4v) is 3.84. The van der Waals surface area contributed by atoms with Crippen molar-refractivity contribution in [2.45, 2.75) is 30.7 Å². The minimum atomic E-state index is -4.39. The molecule has 0 bridgehead atoms. The summed E-state index contributed by atoms with van der Waals surface area (Å²) in [6.07, 6.45) is -3.41. The van der Waals surface area contributed by atoms with Gasteiger partial charge in [-0.1, -0.05) is 23.2 Å². The number of fused-ring (bicyclic) bond motifs is 1. The Balaban J connectivity index is 1.48. The van der Waals surface area contributed by atoms with Crippen molar-refractivity contribution in [2.75, 3.05) is 0 Å². The molecule has 5 rings (SSSR count). The lowest BCUT2D eigenvalue weighted by Gasteiger charge is -2.13. The zero-order chi connectivity index (χ0) is 19.7. The summed E-state index contributed by atoms with van der Waals surface area (Å²) >= 11 is 12.2. The van der Waals surface area contributed by atoms with Gasteiger partial charge in [-0.2, -0.15) is 13.2 Å². The quantitative estimate of drug-likeness (QED) is 0.489. The first-order valence-electron chi connectivity index (χ1n) is 8.45. The summed E-state index contributed by atoms with van der Waals surface area (Å²) in [5.41, 5.74) is 0.158. The first-order chi connectivity index (χ1) is 13.2. The third kappa shape index (κ3) is 2.84. The Labute approximate surface area is 166 Å². The predicted molar refractivity (Wildman–Crippen MR) is 97.8 cm³/mol. The lowest BCUT2D eigenvalue weighted by Crippen LogP contribution is -2.15. The molecule has 0 amide bonds. The van der Waals surface area contributed by atoms with E-state index < -0.39 is 23.4 Å². The van der Waals surface area contributed by atoms with Crippen LogP contribution >= 0.6 is 23.2 Å². The van der Waals surface area contributed by atoms with Crippen LogP contribution in [0.5, 0.6) is 0 Å². The highest BCUT2D eigenvalue weighted by atomic mass is 35.5. The normalized spacial score (nSPS) is 20.5. The molecule has 2 aromatic carbocycles. The van der Waals surface area contributed by atoms with Gasteiger partial charge in [0.15, 0.2) is 5.58 Å². The summed E-state index contributed by atoms with van der Waals surface area (Å²) in [6, 6.07) is 7.92. The van der Waals surface area contributed by atoms with Crippen molar-refractivity contribution in [1.29, 1.82) is 0 Å². The molecule has 1 aliphatic heterocycles. The summed E-state index contributed by atoms with van der Waals surface area (Å²) < 4.78 is 50.1. The van der Waals surface area contributed by atoms with Crippen LogP contribution in [0, 0.1) is 0 Å². The topological polar surface area (TPSA) is 47.6 Å². The highest BCUT2D eigenvalue weighted by Crippen LogP contribution is 2.55. The molecule has 1 saturated carbocycles. The molecule has 1 fully saturated rings. The van der Waals surface area contributed by atoms with Crippen LogP contribution in [0.4, 0.5) is 13.2 Å². The molecule has 1 aromatic heterocycles. The van der Waals surface area contributed by atoms with Crippen LogP contribution < -0.4 is 0 Å². The highest BCUT2D eigenvalue weighted by Gasteiger charge is 2.58. The van der Waals surface area contributed by atoms with Crippen LogP contribution in [0.3, 0.4) is 0 Å². The van der Waals surface area contributed by atoms with Crippen molar-refractivity contribution in [1.82, 2.24) is 4.98 Å². The van der Waals surface area contributed by atoms with Gasteiger partial charge in [0.25, 0.3) is 0 Å². The number of rotatable bonds is 2. The fraction of sp³-hybridized carbons (Fsp3) is 0.263. The molecule has 0 radical (unpaired) electrons. The van der Waals surface area contributed by atoms with Crippen LogP contribution in [0.2, 0.25) is 10.0 Å². The van der Waals surface area contributed by atoms with E-state index in [-0.39, 0.29) is 5.90 Å². The zero-order valence-electron chi connectivity index (χ0n) is 14.1. The van der Waals surface area contributed by atoms with Gasteiger partial charge in [0.1, 0.15) is 11.1 Å². The smallest absolute Gasteiger partial charge is 0.416 e. The van der Waals surface area contributed by atoms with E-state index in [1.165, 1.54) is 12.1 Å². The van der Waals surface area contributed by atoms with Gasteiger partial charge in [0.05, 0.1) is 10.6 Å². The van der Waals surface area contributed by atoms with Crippen molar-refractivity contribution < 1.29 is 22.3 Å². The van der Waals surface area contributed by atoms with Crippen molar-refractivity contribution in [2.24, 2.45) is 4.99 Å². The van der Waals surface area contributed by atoms with E-state index in [9.17, 15) is 13.2 Å². The summed E-state index contributed by atoms with van der Waals surface area (Å²) in [7, 11) is 0. The van der Waals surface area contributed by atoms with Gasteiger partial charge in [-0.15, -0.1) is 0 Å². The number of ether oxygens (including phenoxy) is 1. The van der Waals surface area contributed by atoms with Gasteiger partial charge in [0.2, 0.25) is 17.9 Å². The molecular formula is C19H11Cl2F3N2O2. The minimum Gasteiger partial charge on any atom is -0.461 e. The number of benzene rings is 2. The highest BCUT2D eigenvalue weighted by molar-refractivity contribution is 6.37. The second-order valence-corrected chi connectivity index (χ2v) is 7.73. The fourth-order valence-electron chi connectivity index (χ4n) is 3.31. The molecule has 1 atom stereocenters. The Morgan fingerprint density at radius 3 is 2.43 bits per heavy atom. The number of hydrogen-bond donors (Lipinski definition) is 0. The van der Waals surface area contributed by atoms with Crippen molar-refractivity contribution in [3.63, 3.8) is 0 Å². The van der Waals surface area contributed by atoms with E-state index >= 15 is 0 Å². The largest absolute Gasteiger partial charge is 0.461 e. The summed E-state index contributed by atoms with van der Waals surface area (Å²) in [5, 5.41) is 0.778. The van der Waals surface area contributed by atoms with E-state index in [0.717, 1.165) is 25.0 Å². The van der Waals surface area contributed by atoms with Crippen LogP contribution in [0.1, 0.15) is 36.0 Å². The van der Waals surface area contributed by atoms with Gasteiger partial charge in [-0.05, 0) is 49.2 Å². The zero-order valence-corrected chi connectivity index (χ0v) is 15.6. The van der Waals surface area contributed by atoms with Gasteiger partial charge >= 0.3 is 6.18 Å². The molecule has 0 saturated heterocycles. The lowest BCUT2D eigenvalue weighted by atomic mass is 10.1. The molecule has 1 aliphatic carbocycles. The number of oxazole rings is 1. The molecule has 2 aliphatic rings. The van der Waals surface area contributed by atoms with E-state index in [1.54, 1.807) is 12.1 Å². The Hall–Kier alpha value is -2.25. The van der Waals surface area contributed by atoms with Crippen molar-refractivity contribution >= 4 is 40.2 Å². The molecule has 144 valence electrons. The standard InChI is InChI=1S/C19H11Cl2F3N2O2/c20-11-7-12(21)14-13(8-11)25-17(27-14)15-18(5-6-18)26-16(28-15)9-1-3-10(4-2-9)19(22,23)24/h1-4,7-8,15H,5-6H2. The van der Waals surface area contributed by atoms with E-state index in [1.807, 2.05) is 0 Å². The van der Waals surface area contributed by atoms with Gasteiger partial charge < -0.3 is 9.15 Å². The van der Waals surface area contributed by atoms with Gasteiger partial charge in [-0.3, -0.25) is 0 Å². The monoisotopic (exact) mass is 426 g/mol. The van der Waals surface area contributed by atoms with Gasteiger partial charge in [-0.25, -0.2) is 9.98 Å². The number of alkyl halides is 3. The minimum absolute atomic E-state index is 0.280. The average molecular weight is 427 g/mol. The third-order valence-electron chi connectivity index (χ3n) is 4.91. The van der Waals surface area contributed by atoms with Crippen LogP contribution in [-0.4, -0.2) is 16.4 Å². The van der Waals surface area contributed by atoms with Crippen molar-refractivity contribution in [3.05, 3.63) is 63.5 Å². The molecule has 3 aromatic rings. The Bertz CT molecular complexity index is 1120. The number of aromatic nitrogens is 1. The maximum absolute atomic E-state index is 12.8. The first kappa shape index (κ1) is 17.8. The Kier molecular flexibility index (Phi) is 3.74. The second-order valence-electron chi connectivity index (χ2n) is 6.88. The summed E-state index contributed by atoms with van der Waals surface area (Å²) in [4.78, 5) is 9.06. The Morgan fingerprint density at radius 1 is 1.07 bits per heavy atom. The summed E-state index contributed by atoms with van der Waals surface area (Å²) in [6.45, 7) is 0. The van der Waals surface area contributed by atoms with E-state index in [2.05, 4.69) is 9.98 Å². The number of hydrogen-bond acceptors (Lipinski definition) is 4. The molecule has 1 spiro atoms. The predicted octanol–water partition coefficient (Wildman–Crippen LogP) is 6.20. The molecular weight excluding hydrogens is 416 g/mol.